The van der Waals surface area contributed by atoms with Crippen molar-refractivity contribution in [2.45, 2.75) is 43.8 Å². The second kappa shape index (κ2) is 9.64. The standard InChI is InChI=1S/C25H24ClN5O2S/c1-16-6-2-5-9-21(16)30-24(33)19-11-10-17(26)14-20(19)28-25(30)34-15-23(32)29-22-12-13-27-31(22)18-7-3-4-8-18/h2,5-6,9-14,18H,3-4,7-8,15H2,1H3,(H,29,32). The lowest BCUT2D eigenvalue weighted by molar-refractivity contribution is -0.113. The van der Waals surface area contributed by atoms with Gasteiger partial charge in [0.15, 0.2) is 5.16 Å². The second-order valence-corrected chi connectivity index (χ2v) is 9.80. The van der Waals surface area contributed by atoms with Crippen LogP contribution in [0, 0.1) is 6.92 Å². The molecule has 0 radical (unpaired) electrons. The maximum Gasteiger partial charge on any atom is 0.266 e. The first-order valence-electron chi connectivity index (χ1n) is 11.3. The second-order valence-electron chi connectivity index (χ2n) is 8.42. The number of hydrogen-bond donors (Lipinski definition) is 1. The van der Waals surface area contributed by atoms with Gasteiger partial charge in [-0.05, 0) is 49.6 Å². The molecule has 1 saturated carbocycles. The largest absolute Gasteiger partial charge is 0.310 e. The molecular formula is C25H24ClN5O2S. The molecule has 4 aromatic rings. The van der Waals surface area contributed by atoms with Crippen molar-refractivity contribution in [2.24, 2.45) is 0 Å². The molecule has 1 aliphatic rings. The summed E-state index contributed by atoms with van der Waals surface area (Å²) in [5.41, 5.74) is 1.98. The topological polar surface area (TPSA) is 81.8 Å². The number of amides is 1. The Labute approximate surface area is 206 Å². The summed E-state index contributed by atoms with van der Waals surface area (Å²) in [7, 11) is 0. The summed E-state index contributed by atoms with van der Waals surface area (Å²) in [5, 5.41) is 8.80. The van der Waals surface area contributed by atoms with Crippen LogP contribution in [0.5, 0.6) is 0 Å². The SMILES string of the molecule is Cc1ccccc1-n1c(SCC(=O)Nc2ccnn2C2CCCC2)nc2cc(Cl)ccc2c1=O. The smallest absolute Gasteiger partial charge is 0.266 e. The molecule has 0 atom stereocenters. The molecule has 2 heterocycles. The van der Waals surface area contributed by atoms with Crippen LogP contribution in [0.25, 0.3) is 16.6 Å². The number of para-hydroxylation sites is 1. The zero-order valence-electron chi connectivity index (χ0n) is 18.7. The number of halogens is 1. The van der Waals surface area contributed by atoms with Gasteiger partial charge in [-0.2, -0.15) is 5.10 Å². The van der Waals surface area contributed by atoms with Crippen molar-refractivity contribution in [3.8, 4) is 5.69 Å². The van der Waals surface area contributed by atoms with E-state index in [-0.39, 0.29) is 17.2 Å². The van der Waals surface area contributed by atoms with Gasteiger partial charge in [-0.1, -0.05) is 54.4 Å². The van der Waals surface area contributed by atoms with Crippen molar-refractivity contribution in [1.29, 1.82) is 0 Å². The van der Waals surface area contributed by atoms with E-state index < -0.39 is 0 Å². The number of anilines is 1. The molecule has 34 heavy (non-hydrogen) atoms. The lowest BCUT2D eigenvalue weighted by atomic mass is 10.2. The van der Waals surface area contributed by atoms with Crippen LogP contribution in [0.15, 0.2) is 64.7 Å². The molecule has 0 aliphatic heterocycles. The molecule has 1 fully saturated rings. The molecule has 0 saturated heterocycles. The first kappa shape index (κ1) is 22.7. The van der Waals surface area contributed by atoms with Gasteiger partial charge in [0.2, 0.25) is 5.91 Å². The molecule has 1 amide bonds. The average Bonchev–Trinajstić information content (AvgIpc) is 3.50. The summed E-state index contributed by atoms with van der Waals surface area (Å²) in [5.74, 6) is 0.619. The zero-order chi connectivity index (χ0) is 23.7. The van der Waals surface area contributed by atoms with Gasteiger partial charge in [-0.15, -0.1) is 0 Å². The highest BCUT2D eigenvalue weighted by Crippen LogP contribution is 2.31. The molecule has 5 rings (SSSR count). The molecule has 0 unspecified atom stereocenters. The molecule has 1 N–H and O–H groups in total. The van der Waals surface area contributed by atoms with Crippen molar-refractivity contribution < 1.29 is 4.79 Å². The Morgan fingerprint density at radius 1 is 1.18 bits per heavy atom. The van der Waals surface area contributed by atoms with E-state index in [0.29, 0.717) is 32.9 Å². The Bertz CT molecular complexity index is 1420. The van der Waals surface area contributed by atoms with Crippen molar-refractivity contribution in [3.05, 3.63) is 75.7 Å². The predicted molar refractivity (Wildman–Crippen MR) is 136 cm³/mol. The maximum atomic E-state index is 13.5. The molecule has 7 nitrogen and oxygen atoms in total. The molecular weight excluding hydrogens is 470 g/mol. The van der Waals surface area contributed by atoms with Gasteiger partial charge < -0.3 is 5.32 Å². The van der Waals surface area contributed by atoms with Crippen LogP contribution in [-0.2, 0) is 4.79 Å². The van der Waals surface area contributed by atoms with Crippen molar-refractivity contribution in [3.63, 3.8) is 0 Å². The number of aryl methyl sites for hydroxylation is 1. The Balaban J connectivity index is 1.45. The van der Waals surface area contributed by atoms with Gasteiger partial charge in [0.1, 0.15) is 5.82 Å². The monoisotopic (exact) mass is 493 g/mol. The third-order valence-corrected chi connectivity index (χ3v) is 7.27. The van der Waals surface area contributed by atoms with E-state index in [0.717, 1.165) is 24.1 Å². The number of rotatable bonds is 6. The Kier molecular flexibility index (Phi) is 6.43. The highest BCUT2D eigenvalue weighted by molar-refractivity contribution is 7.99. The summed E-state index contributed by atoms with van der Waals surface area (Å²) in [6, 6.07) is 14.8. The number of fused-ring (bicyclic) bond motifs is 1. The molecule has 0 bridgehead atoms. The summed E-state index contributed by atoms with van der Waals surface area (Å²) in [4.78, 5) is 31.0. The summed E-state index contributed by atoms with van der Waals surface area (Å²) in [6.45, 7) is 1.94. The van der Waals surface area contributed by atoms with E-state index in [1.807, 2.05) is 41.9 Å². The highest BCUT2D eigenvalue weighted by Gasteiger charge is 2.21. The van der Waals surface area contributed by atoms with Gasteiger partial charge in [0.05, 0.1) is 34.6 Å². The molecule has 9 heteroatoms. The minimum Gasteiger partial charge on any atom is -0.310 e. The van der Waals surface area contributed by atoms with E-state index in [9.17, 15) is 9.59 Å². The van der Waals surface area contributed by atoms with Crippen molar-refractivity contribution in [1.82, 2.24) is 19.3 Å². The minimum atomic E-state index is -0.196. The van der Waals surface area contributed by atoms with Crippen LogP contribution in [0.3, 0.4) is 0 Å². The Hall–Kier alpha value is -3.10. The van der Waals surface area contributed by atoms with Crippen LogP contribution < -0.4 is 10.9 Å². The number of thioether (sulfide) groups is 1. The third kappa shape index (κ3) is 4.48. The van der Waals surface area contributed by atoms with Crippen LogP contribution in [0.2, 0.25) is 5.02 Å². The van der Waals surface area contributed by atoms with Gasteiger partial charge in [0, 0.05) is 11.1 Å². The highest BCUT2D eigenvalue weighted by atomic mass is 35.5. The lowest BCUT2D eigenvalue weighted by Gasteiger charge is -2.16. The maximum absolute atomic E-state index is 13.5. The quantitative estimate of drug-likeness (QED) is 0.287. The normalized spacial score (nSPS) is 14.1. The van der Waals surface area contributed by atoms with E-state index in [4.69, 9.17) is 16.6 Å². The number of hydrogen-bond acceptors (Lipinski definition) is 5. The van der Waals surface area contributed by atoms with Gasteiger partial charge in [-0.25, -0.2) is 9.67 Å². The number of nitrogens with one attached hydrogen (secondary N) is 1. The van der Waals surface area contributed by atoms with E-state index in [1.54, 1.807) is 29.0 Å². The minimum absolute atomic E-state index is 0.0975. The number of carbonyl (C=O) groups excluding carboxylic acids is 1. The van der Waals surface area contributed by atoms with Crippen LogP contribution in [0.1, 0.15) is 37.3 Å². The van der Waals surface area contributed by atoms with Crippen molar-refractivity contribution in [2.75, 3.05) is 11.1 Å². The molecule has 2 aromatic carbocycles. The number of aromatic nitrogens is 4. The fraction of sp³-hybridized carbons (Fsp3) is 0.280. The van der Waals surface area contributed by atoms with Crippen LogP contribution >= 0.6 is 23.4 Å². The first-order chi connectivity index (χ1) is 16.5. The predicted octanol–water partition coefficient (Wildman–Crippen LogP) is 5.39. The molecule has 174 valence electrons. The molecule has 2 aromatic heterocycles. The van der Waals surface area contributed by atoms with Gasteiger partial charge >= 0.3 is 0 Å². The summed E-state index contributed by atoms with van der Waals surface area (Å²) < 4.78 is 3.49. The number of nitrogens with zero attached hydrogens (tertiary/aromatic N) is 4. The lowest BCUT2D eigenvalue weighted by Crippen LogP contribution is -2.24. The molecule has 0 spiro atoms. The van der Waals surface area contributed by atoms with E-state index in [2.05, 4.69) is 10.4 Å². The van der Waals surface area contributed by atoms with Crippen molar-refractivity contribution >= 4 is 46.0 Å². The molecule has 1 aliphatic carbocycles. The van der Waals surface area contributed by atoms with Gasteiger partial charge in [0.25, 0.3) is 5.56 Å². The first-order valence-corrected chi connectivity index (χ1v) is 12.6. The third-order valence-electron chi connectivity index (χ3n) is 6.10. The van der Waals surface area contributed by atoms with Crippen LogP contribution in [0.4, 0.5) is 5.82 Å². The fourth-order valence-electron chi connectivity index (χ4n) is 4.42. The summed E-state index contributed by atoms with van der Waals surface area (Å²) >= 11 is 7.37. The number of benzene rings is 2. The van der Waals surface area contributed by atoms with E-state index >= 15 is 0 Å². The zero-order valence-corrected chi connectivity index (χ0v) is 20.3. The Morgan fingerprint density at radius 3 is 2.76 bits per heavy atom. The fourth-order valence-corrected chi connectivity index (χ4v) is 5.40. The van der Waals surface area contributed by atoms with Gasteiger partial charge in [-0.3, -0.25) is 14.2 Å². The summed E-state index contributed by atoms with van der Waals surface area (Å²) in [6.07, 6.45) is 6.23. The number of carbonyl (C=O) groups is 1. The Morgan fingerprint density at radius 2 is 1.97 bits per heavy atom. The average molecular weight is 494 g/mol. The van der Waals surface area contributed by atoms with Crippen LogP contribution in [-0.4, -0.2) is 31.0 Å². The van der Waals surface area contributed by atoms with E-state index in [1.165, 1.54) is 24.6 Å².